The van der Waals surface area contributed by atoms with Gasteiger partial charge in [-0.3, -0.25) is 4.72 Å². The Labute approximate surface area is 145 Å². The van der Waals surface area contributed by atoms with Crippen LogP contribution in [-0.4, -0.2) is 13.4 Å². The second-order valence-corrected chi connectivity index (χ2v) is 6.87. The fraction of sp³-hybridized carbons (Fsp3) is 0.0556. The van der Waals surface area contributed by atoms with Gasteiger partial charge in [0.1, 0.15) is 12.4 Å². The maximum atomic E-state index is 13.3. The Morgan fingerprint density at radius 2 is 1.80 bits per heavy atom. The van der Waals surface area contributed by atoms with E-state index in [1.54, 1.807) is 12.1 Å². The van der Waals surface area contributed by atoms with Gasteiger partial charge in [-0.15, -0.1) is 0 Å². The number of nitrogens with one attached hydrogen (secondary N) is 1. The van der Waals surface area contributed by atoms with Gasteiger partial charge in [0.05, 0.1) is 4.90 Å². The van der Waals surface area contributed by atoms with E-state index in [9.17, 15) is 12.8 Å². The van der Waals surface area contributed by atoms with Gasteiger partial charge in [-0.25, -0.2) is 17.8 Å². The summed E-state index contributed by atoms with van der Waals surface area (Å²) in [7, 11) is -3.97. The van der Waals surface area contributed by atoms with Crippen LogP contribution in [0.15, 0.2) is 77.8 Å². The molecule has 0 unspecified atom stereocenters. The molecule has 0 spiro atoms. The van der Waals surface area contributed by atoms with E-state index >= 15 is 0 Å². The Hall–Kier alpha value is -2.93. The molecule has 2 aromatic carbocycles. The van der Waals surface area contributed by atoms with Crippen molar-refractivity contribution in [1.29, 1.82) is 0 Å². The summed E-state index contributed by atoms with van der Waals surface area (Å²) >= 11 is 0. The van der Waals surface area contributed by atoms with Crippen molar-refractivity contribution >= 4 is 15.8 Å². The molecule has 7 heteroatoms. The van der Waals surface area contributed by atoms with Crippen LogP contribution in [0.3, 0.4) is 0 Å². The summed E-state index contributed by atoms with van der Waals surface area (Å²) < 4.78 is 46.1. The van der Waals surface area contributed by atoms with Crippen molar-refractivity contribution in [3.63, 3.8) is 0 Å². The molecular weight excluding hydrogens is 343 g/mol. The predicted molar refractivity (Wildman–Crippen MR) is 92.2 cm³/mol. The molecule has 0 aliphatic carbocycles. The lowest BCUT2D eigenvalue weighted by atomic mass is 10.2. The SMILES string of the molecule is O=S(=O)(Nc1ncccc1OCc1ccccc1)c1cccc(F)c1. The molecular formula is C18H15FN2O3S. The Balaban J connectivity index is 1.81. The largest absolute Gasteiger partial charge is 0.485 e. The number of hydrogen-bond donors (Lipinski definition) is 1. The number of halogens is 1. The molecule has 0 aliphatic heterocycles. The lowest BCUT2D eigenvalue weighted by Crippen LogP contribution is -2.15. The van der Waals surface area contributed by atoms with E-state index in [0.29, 0.717) is 0 Å². The van der Waals surface area contributed by atoms with Crippen molar-refractivity contribution in [2.75, 3.05) is 4.72 Å². The maximum absolute atomic E-state index is 13.3. The smallest absolute Gasteiger partial charge is 0.263 e. The van der Waals surface area contributed by atoms with Gasteiger partial charge < -0.3 is 4.74 Å². The molecule has 3 aromatic rings. The molecule has 1 N–H and O–H groups in total. The minimum atomic E-state index is -3.97. The van der Waals surface area contributed by atoms with Gasteiger partial charge in [-0.2, -0.15) is 0 Å². The number of sulfonamides is 1. The quantitative estimate of drug-likeness (QED) is 0.731. The second-order valence-electron chi connectivity index (χ2n) is 5.19. The first kappa shape index (κ1) is 16.9. The fourth-order valence-electron chi connectivity index (χ4n) is 2.14. The number of nitrogens with zero attached hydrogens (tertiary/aromatic N) is 1. The van der Waals surface area contributed by atoms with E-state index in [1.807, 2.05) is 30.3 Å². The van der Waals surface area contributed by atoms with Crippen LogP contribution in [0.25, 0.3) is 0 Å². The number of ether oxygens (including phenoxy) is 1. The van der Waals surface area contributed by atoms with Gasteiger partial charge in [0, 0.05) is 6.20 Å². The standard InChI is InChI=1S/C18H15FN2O3S/c19-15-8-4-9-16(12-15)25(22,23)21-18-17(10-5-11-20-18)24-13-14-6-2-1-3-7-14/h1-12H,13H2,(H,20,21). The van der Waals surface area contributed by atoms with Crippen molar-refractivity contribution in [3.8, 4) is 5.75 Å². The summed E-state index contributed by atoms with van der Waals surface area (Å²) in [5.41, 5.74) is 0.935. The first-order chi connectivity index (χ1) is 12.0. The molecule has 5 nitrogen and oxygen atoms in total. The first-order valence-electron chi connectivity index (χ1n) is 7.45. The number of benzene rings is 2. The fourth-order valence-corrected chi connectivity index (χ4v) is 3.19. The van der Waals surface area contributed by atoms with Crippen LogP contribution in [-0.2, 0) is 16.6 Å². The minimum absolute atomic E-state index is 0.0442. The average molecular weight is 358 g/mol. The number of anilines is 1. The number of rotatable bonds is 6. The molecule has 0 fully saturated rings. The van der Waals surface area contributed by atoms with Gasteiger partial charge in [-0.1, -0.05) is 36.4 Å². The van der Waals surface area contributed by atoms with Crippen LogP contribution in [0.4, 0.5) is 10.2 Å². The van der Waals surface area contributed by atoms with Crippen molar-refractivity contribution in [3.05, 3.63) is 84.3 Å². The Morgan fingerprint density at radius 1 is 1.00 bits per heavy atom. The van der Waals surface area contributed by atoms with Crippen LogP contribution >= 0.6 is 0 Å². The molecule has 1 heterocycles. The summed E-state index contributed by atoms with van der Waals surface area (Å²) in [4.78, 5) is 3.83. The lowest BCUT2D eigenvalue weighted by Gasteiger charge is -2.12. The molecule has 0 saturated carbocycles. The molecule has 0 aliphatic rings. The summed E-state index contributed by atoms with van der Waals surface area (Å²) in [6, 6.07) is 17.5. The van der Waals surface area contributed by atoms with Gasteiger partial charge in [0.2, 0.25) is 0 Å². The summed E-state index contributed by atoms with van der Waals surface area (Å²) in [6.45, 7) is 0.265. The summed E-state index contributed by atoms with van der Waals surface area (Å²) in [6.07, 6.45) is 1.44. The monoisotopic (exact) mass is 358 g/mol. The molecule has 25 heavy (non-hydrogen) atoms. The molecule has 3 rings (SSSR count). The third-order valence-electron chi connectivity index (χ3n) is 3.35. The summed E-state index contributed by atoms with van der Waals surface area (Å²) in [5, 5.41) is 0. The third-order valence-corrected chi connectivity index (χ3v) is 4.68. The van der Waals surface area contributed by atoms with Crippen molar-refractivity contribution in [1.82, 2.24) is 4.98 Å². The minimum Gasteiger partial charge on any atom is -0.485 e. The van der Waals surface area contributed by atoms with Gasteiger partial charge in [0.25, 0.3) is 10.0 Å². The van der Waals surface area contributed by atoms with Crippen LogP contribution in [0.1, 0.15) is 5.56 Å². The third kappa shape index (κ3) is 4.33. The molecule has 128 valence electrons. The molecule has 0 bridgehead atoms. The Bertz CT molecular complexity index is 963. The van der Waals surface area contributed by atoms with Crippen LogP contribution < -0.4 is 9.46 Å². The normalized spacial score (nSPS) is 11.1. The number of hydrogen-bond acceptors (Lipinski definition) is 4. The summed E-state index contributed by atoms with van der Waals surface area (Å²) in [5.74, 6) is -0.307. The van der Waals surface area contributed by atoms with E-state index in [1.165, 1.54) is 24.4 Å². The number of pyridine rings is 1. The van der Waals surface area contributed by atoms with Crippen molar-refractivity contribution < 1.29 is 17.5 Å². The highest BCUT2D eigenvalue weighted by atomic mass is 32.2. The topological polar surface area (TPSA) is 68.3 Å². The molecule has 1 aromatic heterocycles. The van der Waals surface area contributed by atoms with Gasteiger partial charge >= 0.3 is 0 Å². The van der Waals surface area contributed by atoms with Crippen molar-refractivity contribution in [2.24, 2.45) is 0 Å². The highest BCUT2D eigenvalue weighted by Gasteiger charge is 2.18. The van der Waals surface area contributed by atoms with E-state index in [-0.39, 0.29) is 23.1 Å². The highest BCUT2D eigenvalue weighted by molar-refractivity contribution is 7.92. The zero-order chi connectivity index (χ0) is 17.7. The maximum Gasteiger partial charge on any atom is 0.263 e. The zero-order valence-corrected chi connectivity index (χ0v) is 13.9. The van der Waals surface area contributed by atoms with Crippen molar-refractivity contribution in [2.45, 2.75) is 11.5 Å². The molecule has 0 saturated heterocycles. The predicted octanol–water partition coefficient (Wildman–Crippen LogP) is 3.60. The number of aromatic nitrogens is 1. The molecule has 0 atom stereocenters. The Morgan fingerprint density at radius 3 is 2.56 bits per heavy atom. The molecule has 0 radical (unpaired) electrons. The lowest BCUT2D eigenvalue weighted by molar-refractivity contribution is 0.307. The van der Waals surface area contributed by atoms with E-state index in [4.69, 9.17) is 4.74 Å². The van der Waals surface area contributed by atoms with Crippen LogP contribution in [0, 0.1) is 5.82 Å². The van der Waals surface area contributed by atoms with E-state index in [0.717, 1.165) is 11.6 Å². The van der Waals surface area contributed by atoms with Gasteiger partial charge in [-0.05, 0) is 35.9 Å². The Kier molecular flexibility index (Phi) is 4.95. The molecule has 0 amide bonds. The first-order valence-corrected chi connectivity index (χ1v) is 8.93. The van der Waals surface area contributed by atoms with E-state index < -0.39 is 15.8 Å². The van der Waals surface area contributed by atoms with Crippen LogP contribution in [0.2, 0.25) is 0 Å². The zero-order valence-electron chi connectivity index (χ0n) is 13.1. The van der Waals surface area contributed by atoms with Crippen LogP contribution in [0.5, 0.6) is 5.75 Å². The highest BCUT2D eigenvalue weighted by Crippen LogP contribution is 2.25. The average Bonchev–Trinajstić information content (AvgIpc) is 2.62. The second kappa shape index (κ2) is 7.31. The van der Waals surface area contributed by atoms with E-state index in [2.05, 4.69) is 9.71 Å². The van der Waals surface area contributed by atoms with Gasteiger partial charge in [0.15, 0.2) is 11.6 Å².